The first-order valence-corrected chi connectivity index (χ1v) is 8.78. The zero-order valence-corrected chi connectivity index (χ0v) is 14.6. The maximum Gasteiger partial charge on any atom is 0.223 e. The molecule has 3 aromatic rings. The van der Waals surface area contributed by atoms with Gasteiger partial charge in [0, 0.05) is 48.9 Å². The van der Waals surface area contributed by atoms with Crippen LogP contribution in [0, 0.1) is 5.92 Å². The zero-order valence-electron chi connectivity index (χ0n) is 14.6. The lowest BCUT2D eigenvalue weighted by molar-refractivity contribution is -0.128. The molecule has 6 heteroatoms. The first-order valence-electron chi connectivity index (χ1n) is 8.78. The highest BCUT2D eigenvalue weighted by Crippen LogP contribution is 2.38. The number of carbonyl (C=O) groups is 1. The molecule has 6 nitrogen and oxygen atoms in total. The Morgan fingerprint density at radius 3 is 2.96 bits per heavy atom. The van der Waals surface area contributed by atoms with Gasteiger partial charge in [-0.15, -0.1) is 0 Å². The molecule has 132 valence electrons. The van der Waals surface area contributed by atoms with Crippen molar-refractivity contribution in [2.24, 2.45) is 5.92 Å². The van der Waals surface area contributed by atoms with E-state index in [9.17, 15) is 4.79 Å². The molecule has 1 aromatic carbocycles. The summed E-state index contributed by atoms with van der Waals surface area (Å²) in [5.74, 6) is 1.01. The molecular weight excluding hydrogens is 328 g/mol. The van der Waals surface area contributed by atoms with Gasteiger partial charge in [-0.05, 0) is 30.7 Å². The molecule has 0 bridgehead atoms. The van der Waals surface area contributed by atoms with Gasteiger partial charge in [0.1, 0.15) is 12.1 Å². The van der Waals surface area contributed by atoms with Crippen molar-refractivity contribution in [1.82, 2.24) is 19.9 Å². The van der Waals surface area contributed by atoms with Crippen LogP contribution >= 0.6 is 0 Å². The van der Waals surface area contributed by atoms with E-state index in [2.05, 4.69) is 15.0 Å². The number of nitrogens with zero attached hydrogens (tertiary/aromatic N) is 4. The highest BCUT2D eigenvalue weighted by Gasteiger charge is 2.40. The number of rotatable bonds is 5. The van der Waals surface area contributed by atoms with Gasteiger partial charge >= 0.3 is 0 Å². The van der Waals surface area contributed by atoms with Crippen molar-refractivity contribution in [3.63, 3.8) is 0 Å². The van der Waals surface area contributed by atoms with E-state index in [1.807, 2.05) is 48.4 Å². The first-order chi connectivity index (χ1) is 12.8. The number of hydrogen-bond acceptors (Lipinski definition) is 5. The van der Waals surface area contributed by atoms with Gasteiger partial charge in [0.15, 0.2) is 0 Å². The third-order valence-electron chi connectivity index (χ3n) is 4.85. The van der Waals surface area contributed by atoms with Crippen molar-refractivity contribution in [3.8, 4) is 5.75 Å². The molecule has 2 atom stereocenters. The van der Waals surface area contributed by atoms with Gasteiger partial charge in [0.25, 0.3) is 0 Å². The molecule has 0 saturated carbocycles. The largest absolute Gasteiger partial charge is 0.493 e. The van der Waals surface area contributed by atoms with Gasteiger partial charge in [0.2, 0.25) is 5.91 Å². The fourth-order valence-electron chi connectivity index (χ4n) is 3.64. The van der Waals surface area contributed by atoms with E-state index in [0.717, 1.165) is 22.2 Å². The molecule has 0 unspecified atom stereocenters. The molecule has 0 spiro atoms. The van der Waals surface area contributed by atoms with Crippen molar-refractivity contribution >= 4 is 16.8 Å². The summed E-state index contributed by atoms with van der Waals surface area (Å²) >= 11 is 0. The minimum absolute atomic E-state index is 0.00369. The van der Waals surface area contributed by atoms with Crippen LogP contribution in [0.25, 0.3) is 10.9 Å². The number of amides is 1. The van der Waals surface area contributed by atoms with Crippen LogP contribution in [0.5, 0.6) is 5.75 Å². The average Bonchev–Trinajstić information content (AvgIpc) is 3.02. The molecule has 0 radical (unpaired) electrons. The van der Waals surface area contributed by atoms with Crippen molar-refractivity contribution < 1.29 is 9.53 Å². The Hall–Kier alpha value is -3.02. The fourth-order valence-corrected chi connectivity index (χ4v) is 3.64. The summed E-state index contributed by atoms with van der Waals surface area (Å²) in [6.07, 6.45) is 7.38. The molecule has 1 amide bonds. The monoisotopic (exact) mass is 348 g/mol. The van der Waals surface area contributed by atoms with Gasteiger partial charge in [-0.25, -0.2) is 9.97 Å². The molecule has 26 heavy (non-hydrogen) atoms. The first kappa shape index (κ1) is 16.4. The average molecular weight is 348 g/mol. The molecule has 0 aliphatic carbocycles. The van der Waals surface area contributed by atoms with Crippen LogP contribution in [0.4, 0.5) is 0 Å². The van der Waals surface area contributed by atoms with E-state index in [4.69, 9.17) is 4.74 Å². The number of fused-ring (bicyclic) bond motifs is 1. The minimum Gasteiger partial charge on any atom is -0.493 e. The number of benzene rings is 1. The van der Waals surface area contributed by atoms with E-state index >= 15 is 0 Å². The second kappa shape index (κ2) is 7.07. The molecule has 0 N–H and O–H groups in total. The summed E-state index contributed by atoms with van der Waals surface area (Å²) in [5.41, 5.74) is 1.90. The van der Waals surface area contributed by atoms with Gasteiger partial charge in [-0.1, -0.05) is 6.07 Å². The summed E-state index contributed by atoms with van der Waals surface area (Å²) in [4.78, 5) is 26.8. The normalized spacial score (nSPS) is 19.9. The van der Waals surface area contributed by atoms with Crippen LogP contribution in [0.15, 0.2) is 55.2 Å². The van der Waals surface area contributed by atoms with E-state index in [1.165, 1.54) is 6.33 Å². The van der Waals surface area contributed by atoms with Crippen LogP contribution < -0.4 is 4.74 Å². The number of likely N-dealkylation sites (tertiary alicyclic amines) is 1. The van der Waals surface area contributed by atoms with Crippen LogP contribution in [0.2, 0.25) is 0 Å². The second-order valence-electron chi connectivity index (χ2n) is 6.43. The Kier molecular flexibility index (Phi) is 4.48. The van der Waals surface area contributed by atoms with Crippen molar-refractivity contribution in [2.75, 3.05) is 13.2 Å². The highest BCUT2D eigenvalue weighted by atomic mass is 16.5. The molecule has 1 saturated heterocycles. The molecule has 2 aromatic heterocycles. The number of aromatic nitrogens is 3. The van der Waals surface area contributed by atoms with Crippen LogP contribution in [-0.4, -0.2) is 38.9 Å². The van der Waals surface area contributed by atoms with Crippen LogP contribution in [0.1, 0.15) is 24.9 Å². The molecule has 1 fully saturated rings. The Bertz CT molecular complexity index is 916. The SMILES string of the molecule is CCN1C(=O)C[C@H](COc2ccc3cncnc3c2)[C@H]1c1cccnc1. The molecule has 4 rings (SSSR count). The maximum atomic E-state index is 12.4. The second-order valence-corrected chi connectivity index (χ2v) is 6.43. The number of hydrogen-bond donors (Lipinski definition) is 0. The highest BCUT2D eigenvalue weighted by molar-refractivity contribution is 5.80. The maximum absolute atomic E-state index is 12.4. The number of carbonyl (C=O) groups excluding carboxylic acids is 1. The predicted octanol–water partition coefficient (Wildman–Crippen LogP) is 3.01. The zero-order chi connectivity index (χ0) is 17.9. The van der Waals surface area contributed by atoms with E-state index in [-0.39, 0.29) is 17.9 Å². The van der Waals surface area contributed by atoms with Gasteiger partial charge in [0.05, 0.1) is 18.2 Å². The quantitative estimate of drug-likeness (QED) is 0.709. The Morgan fingerprint density at radius 2 is 2.15 bits per heavy atom. The van der Waals surface area contributed by atoms with Crippen LogP contribution in [-0.2, 0) is 4.79 Å². The van der Waals surface area contributed by atoms with Gasteiger partial charge in [-0.2, -0.15) is 0 Å². The van der Waals surface area contributed by atoms with Gasteiger partial charge < -0.3 is 9.64 Å². The lowest BCUT2D eigenvalue weighted by Crippen LogP contribution is -2.29. The Labute approximate surface area is 151 Å². The summed E-state index contributed by atoms with van der Waals surface area (Å²) in [5, 5.41) is 0.973. The summed E-state index contributed by atoms with van der Waals surface area (Å²) in [6.45, 7) is 3.16. The van der Waals surface area contributed by atoms with E-state index < -0.39 is 0 Å². The van der Waals surface area contributed by atoms with Crippen LogP contribution in [0.3, 0.4) is 0 Å². The van der Waals surface area contributed by atoms with E-state index in [0.29, 0.717) is 19.6 Å². The fraction of sp³-hybridized carbons (Fsp3) is 0.300. The smallest absolute Gasteiger partial charge is 0.223 e. The van der Waals surface area contributed by atoms with Crippen molar-refractivity contribution in [3.05, 3.63) is 60.8 Å². The number of ether oxygens (including phenoxy) is 1. The molecular formula is C20H20N4O2. The molecule has 3 heterocycles. The lowest BCUT2D eigenvalue weighted by atomic mass is 9.95. The molecule has 1 aliphatic heterocycles. The predicted molar refractivity (Wildman–Crippen MR) is 97.5 cm³/mol. The topological polar surface area (TPSA) is 68.2 Å². The summed E-state index contributed by atoms with van der Waals surface area (Å²) in [6, 6.07) is 9.71. The van der Waals surface area contributed by atoms with Gasteiger partial charge in [-0.3, -0.25) is 9.78 Å². The molecule has 1 aliphatic rings. The standard InChI is InChI=1S/C20H20N4O2/c1-2-24-19(25)8-16(20(24)15-4-3-7-21-11-15)12-26-17-6-5-14-10-22-13-23-18(14)9-17/h3-7,9-11,13,16,20H,2,8,12H2,1H3/t16-,20-/m1/s1. The van der Waals surface area contributed by atoms with E-state index in [1.54, 1.807) is 12.4 Å². The van der Waals surface area contributed by atoms with Crippen molar-refractivity contribution in [2.45, 2.75) is 19.4 Å². The lowest BCUT2D eigenvalue weighted by Gasteiger charge is -2.27. The number of pyridine rings is 1. The summed E-state index contributed by atoms with van der Waals surface area (Å²) in [7, 11) is 0. The Morgan fingerprint density at radius 1 is 1.23 bits per heavy atom. The minimum atomic E-state index is 0.00369. The van der Waals surface area contributed by atoms with Crippen molar-refractivity contribution in [1.29, 1.82) is 0 Å². The summed E-state index contributed by atoms with van der Waals surface area (Å²) < 4.78 is 6.03. The third-order valence-corrected chi connectivity index (χ3v) is 4.85. The Balaban J connectivity index is 1.54. The third kappa shape index (κ3) is 3.10.